The number of hydrogen-bond donors (Lipinski definition) is 1. The third-order valence-electron chi connectivity index (χ3n) is 1.48. The highest BCUT2D eigenvalue weighted by molar-refractivity contribution is 7.07. The Kier molecular flexibility index (Phi) is 2.83. The number of nitrogens with two attached hydrogens (primary N) is 1. The molecule has 2 N–H and O–H groups in total. The van der Waals surface area contributed by atoms with Gasteiger partial charge in [-0.25, -0.2) is 4.98 Å². The molecule has 1 atom stereocenters. The lowest BCUT2D eigenvalue weighted by atomic mass is 10.1. The van der Waals surface area contributed by atoms with Gasteiger partial charge >= 0.3 is 0 Å². The van der Waals surface area contributed by atoms with Gasteiger partial charge in [-0.2, -0.15) is 0 Å². The Labute approximate surface area is 65.1 Å². The van der Waals surface area contributed by atoms with Crippen LogP contribution in [-0.4, -0.2) is 11.0 Å². The van der Waals surface area contributed by atoms with E-state index in [1.165, 1.54) is 0 Å². The molecule has 0 amide bonds. The van der Waals surface area contributed by atoms with Crippen molar-refractivity contribution in [2.24, 2.45) is 5.73 Å². The van der Waals surface area contributed by atoms with Gasteiger partial charge in [0.1, 0.15) is 0 Å². The minimum absolute atomic E-state index is 0.280. The van der Waals surface area contributed by atoms with Crippen molar-refractivity contribution in [1.82, 2.24) is 4.98 Å². The summed E-state index contributed by atoms with van der Waals surface area (Å²) < 4.78 is 0. The van der Waals surface area contributed by atoms with E-state index < -0.39 is 0 Å². The topological polar surface area (TPSA) is 38.9 Å². The Morgan fingerprint density at radius 3 is 3.10 bits per heavy atom. The van der Waals surface area contributed by atoms with Crippen LogP contribution in [0.4, 0.5) is 0 Å². The maximum atomic E-state index is 5.73. The molecule has 1 unspecified atom stereocenters. The van der Waals surface area contributed by atoms with E-state index in [0.717, 1.165) is 18.5 Å². The van der Waals surface area contributed by atoms with E-state index in [9.17, 15) is 0 Å². The van der Waals surface area contributed by atoms with Crippen molar-refractivity contribution in [2.45, 2.75) is 25.8 Å². The summed E-state index contributed by atoms with van der Waals surface area (Å²) in [5.74, 6) is 0. The summed E-state index contributed by atoms with van der Waals surface area (Å²) in [5.41, 5.74) is 8.70. The van der Waals surface area contributed by atoms with E-state index in [1.807, 2.05) is 5.51 Å². The molecule has 1 aromatic rings. The Balaban J connectivity index is 2.40. The molecule has 0 aromatic carbocycles. The van der Waals surface area contributed by atoms with Gasteiger partial charge in [-0.1, -0.05) is 6.92 Å². The molecule has 0 aliphatic rings. The summed E-state index contributed by atoms with van der Waals surface area (Å²) in [4.78, 5) is 4.14. The van der Waals surface area contributed by atoms with Crippen LogP contribution >= 0.6 is 11.3 Å². The van der Waals surface area contributed by atoms with Crippen LogP contribution in [0.15, 0.2) is 10.9 Å². The smallest absolute Gasteiger partial charge is 0.0794 e. The Hall–Kier alpha value is -0.410. The number of aromatic nitrogens is 1. The van der Waals surface area contributed by atoms with Crippen LogP contribution < -0.4 is 5.73 Å². The van der Waals surface area contributed by atoms with E-state index >= 15 is 0 Å². The molecule has 3 heteroatoms. The minimum atomic E-state index is 0.280. The van der Waals surface area contributed by atoms with Gasteiger partial charge in [0.15, 0.2) is 0 Å². The predicted octanol–water partition coefficient (Wildman–Crippen LogP) is 1.42. The maximum Gasteiger partial charge on any atom is 0.0794 e. The average molecular weight is 156 g/mol. The lowest BCUT2D eigenvalue weighted by Crippen LogP contribution is -2.21. The monoisotopic (exact) mass is 156 g/mol. The molecular formula is C7H12N2S. The van der Waals surface area contributed by atoms with Gasteiger partial charge < -0.3 is 5.73 Å². The maximum absolute atomic E-state index is 5.73. The van der Waals surface area contributed by atoms with Crippen LogP contribution in [0, 0.1) is 0 Å². The Morgan fingerprint density at radius 1 is 1.80 bits per heavy atom. The SMILES string of the molecule is CCC(N)Cc1cscn1. The summed E-state index contributed by atoms with van der Waals surface area (Å²) >= 11 is 1.63. The lowest BCUT2D eigenvalue weighted by molar-refractivity contribution is 0.639. The molecule has 0 saturated heterocycles. The van der Waals surface area contributed by atoms with Gasteiger partial charge in [0, 0.05) is 17.8 Å². The fourth-order valence-corrected chi connectivity index (χ4v) is 1.32. The van der Waals surface area contributed by atoms with E-state index in [1.54, 1.807) is 11.3 Å². The van der Waals surface area contributed by atoms with Crippen molar-refractivity contribution >= 4 is 11.3 Å². The second-order valence-corrected chi connectivity index (χ2v) is 3.07. The van der Waals surface area contributed by atoms with Crippen LogP contribution in [0.5, 0.6) is 0 Å². The summed E-state index contributed by atoms with van der Waals surface area (Å²) in [6.07, 6.45) is 1.94. The van der Waals surface area contributed by atoms with Gasteiger partial charge in [-0.3, -0.25) is 0 Å². The average Bonchev–Trinajstić information content (AvgIpc) is 2.40. The molecule has 0 radical (unpaired) electrons. The molecule has 0 spiro atoms. The Morgan fingerprint density at radius 2 is 2.60 bits per heavy atom. The first-order valence-corrected chi connectivity index (χ1v) is 4.40. The molecule has 56 valence electrons. The number of hydrogen-bond acceptors (Lipinski definition) is 3. The summed E-state index contributed by atoms with van der Waals surface area (Å²) in [6, 6.07) is 0.280. The van der Waals surface area contributed by atoms with Gasteiger partial charge in [-0.15, -0.1) is 11.3 Å². The fourth-order valence-electron chi connectivity index (χ4n) is 0.751. The summed E-state index contributed by atoms with van der Waals surface area (Å²) in [7, 11) is 0. The fraction of sp³-hybridized carbons (Fsp3) is 0.571. The highest BCUT2D eigenvalue weighted by Crippen LogP contribution is 2.04. The van der Waals surface area contributed by atoms with Crippen molar-refractivity contribution in [3.8, 4) is 0 Å². The second kappa shape index (κ2) is 3.68. The second-order valence-electron chi connectivity index (χ2n) is 2.35. The molecule has 0 aliphatic carbocycles. The zero-order valence-electron chi connectivity index (χ0n) is 6.08. The van der Waals surface area contributed by atoms with Crippen LogP contribution in [0.3, 0.4) is 0 Å². The molecule has 10 heavy (non-hydrogen) atoms. The van der Waals surface area contributed by atoms with Gasteiger partial charge in [0.25, 0.3) is 0 Å². The third-order valence-corrected chi connectivity index (χ3v) is 2.11. The molecule has 1 aromatic heterocycles. The van der Waals surface area contributed by atoms with Crippen LogP contribution in [0.1, 0.15) is 19.0 Å². The van der Waals surface area contributed by atoms with Gasteiger partial charge in [-0.05, 0) is 6.42 Å². The standard InChI is InChI=1S/C7H12N2S/c1-2-6(8)3-7-4-10-5-9-7/h4-6H,2-3,8H2,1H3. The molecule has 0 aliphatic heterocycles. The van der Waals surface area contributed by atoms with Crippen molar-refractivity contribution in [1.29, 1.82) is 0 Å². The quantitative estimate of drug-likeness (QED) is 0.719. The zero-order valence-corrected chi connectivity index (χ0v) is 6.90. The van der Waals surface area contributed by atoms with E-state index in [0.29, 0.717) is 0 Å². The zero-order chi connectivity index (χ0) is 7.40. The van der Waals surface area contributed by atoms with Crippen LogP contribution in [-0.2, 0) is 6.42 Å². The highest BCUT2D eigenvalue weighted by Gasteiger charge is 2.01. The van der Waals surface area contributed by atoms with Crippen molar-refractivity contribution < 1.29 is 0 Å². The van der Waals surface area contributed by atoms with Gasteiger partial charge in [0.05, 0.1) is 11.2 Å². The van der Waals surface area contributed by atoms with Crippen LogP contribution in [0.25, 0.3) is 0 Å². The molecule has 0 saturated carbocycles. The van der Waals surface area contributed by atoms with Crippen LogP contribution in [0.2, 0.25) is 0 Å². The molecule has 1 heterocycles. The van der Waals surface area contributed by atoms with Crippen molar-refractivity contribution in [3.63, 3.8) is 0 Å². The Bertz CT molecular complexity index is 172. The van der Waals surface area contributed by atoms with Crippen molar-refractivity contribution in [3.05, 3.63) is 16.6 Å². The number of thiazole rings is 1. The molecule has 0 fully saturated rings. The first-order valence-electron chi connectivity index (χ1n) is 3.45. The normalized spacial score (nSPS) is 13.4. The molecule has 2 nitrogen and oxygen atoms in total. The lowest BCUT2D eigenvalue weighted by Gasteiger charge is -2.04. The third kappa shape index (κ3) is 2.08. The number of nitrogens with zero attached hydrogens (tertiary/aromatic N) is 1. The van der Waals surface area contributed by atoms with Crippen molar-refractivity contribution in [2.75, 3.05) is 0 Å². The molecule has 1 rings (SSSR count). The number of rotatable bonds is 3. The van der Waals surface area contributed by atoms with E-state index in [4.69, 9.17) is 5.73 Å². The first-order chi connectivity index (χ1) is 4.83. The highest BCUT2D eigenvalue weighted by atomic mass is 32.1. The van der Waals surface area contributed by atoms with Gasteiger partial charge in [0.2, 0.25) is 0 Å². The molecular weight excluding hydrogens is 144 g/mol. The predicted molar refractivity (Wildman–Crippen MR) is 44.1 cm³/mol. The molecule has 0 bridgehead atoms. The summed E-state index contributed by atoms with van der Waals surface area (Å²) in [6.45, 7) is 2.09. The first kappa shape index (κ1) is 7.69. The van der Waals surface area contributed by atoms with E-state index in [2.05, 4.69) is 17.3 Å². The van der Waals surface area contributed by atoms with E-state index in [-0.39, 0.29) is 6.04 Å². The minimum Gasteiger partial charge on any atom is -0.327 e. The largest absolute Gasteiger partial charge is 0.327 e. The summed E-state index contributed by atoms with van der Waals surface area (Å²) in [5, 5.41) is 2.05.